The number of halogens is 1. The van der Waals surface area contributed by atoms with Crippen molar-refractivity contribution in [3.8, 4) is 0 Å². The summed E-state index contributed by atoms with van der Waals surface area (Å²) >= 11 is 7.43. The van der Waals surface area contributed by atoms with E-state index in [-0.39, 0.29) is 29.2 Å². The standard InChI is InChI=1S/C16H17ClN2O5S2/c1-9-10(17)3-2-4-11(9)19-12-7-26(23,24)8-13(12)25-16(19)18-14(20)5-6-15(21)22/h2-4,12-13H,5-8H2,1H3,(H,21,22)/p-1/t12-,13+/m0/s1. The van der Waals surface area contributed by atoms with Crippen LogP contribution in [-0.2, 0) is 19.4 Å². The molecule has 2 fully saturated rings. The fraction of sp³-hybridized carbons (Fsp3) is 0.438. The molecule has 1 amide bonds. The first kappa shape index (κ1) is 19.2. The maximum atomic E-state index is 12.0. The fourth-order valence-corrected chi connectivity index (χ4v) is 7.17. The fourth-order valence-electron chi connectivity index (χ4n) is 3.07. The van der Waals surface area contributed by atoms with Crippen LogP contribution < -0.4 is 10.0 Å². The molecule has 2 heterocycles. The van der Waals surface area contributed by atoms with Crippen LogP contribution in [0.4, 0.5) is 5.69 Å². The average Bonchev–Trinajstić information content (AvgIpc) is 2.99. The van der Waals surface area contributed by atoms with Crippen LogP contribution in [0.15, 0.2) is 23.2 Å². The Hall–Kier alpha value is -1.58. The normalized spacial score (nSPS) is 25.5. The molecule has 0 aromatic heterocycles. The van der Waals surface area contributed by atoms with Crippen molar-refractivity contribution in [1.29, 1.82) is 0 Å². The van der Waals surface area contributed by atoms with Gasteiger partial charge in [0.05, 0.1) is 17.5 Å². The smallest absolute Gasteiger partial charge is 0.248 e. The second-order valence-corrected chi connectivity index (χ2v) is 9.98. The Balaban J connectivity index is 1.97. The summed E-state index contributed by atoms with van der Waals surface area (Å²) in [6.45, 7) is 1.81. The number of amidine groups is 1. The Morgan fingerprint density at radius 1 is 1.35 bits per heavy atom. The van der Waals surface area contributed by atoms with Crippen molar-refractivity contribution in [2.75, 3.05) is 16.4 Å². The number of carboxylic acids is 1. The number of hydrogen-bond donors (Lipinski definition) is 0. The van der Waals surface area contributed by atoms with E-state index in [9.17, 15) is 23.1 Å². The first-order valence-corrected chi connectivity index (χ1v) is 11.0. The first-order valence-electron chi connectivity index (χ1n) is 7.91. The molecule has 7 nitrogen and oxygen atoms in total. The number of aliphatic carboxylic acids is 1. The zero-order valence-electron chi connectivity index (χ0n) is 13.8. The number of rotatable bonds is 4. The molecule has 2 aliphatic rings. The summed E-state index contributed by atoms with van der Waals surface area (Å²) in [4.78, 5) is 28.3. The molecule has 3 rings (SSSR count). The van der Waals surface area contributed by atoms with Crippen molar-refractivity contribution < 1.29 is 23.1 Å². The van der Waals surface area contributed by atoms with E-state index in [2.05, 4.69) is 4.99 Å². The number of amides is 1. The number of benzene rings is 1. The van der Waals surface area contributed by atoms with Crippen LogP contribution in [0.25, 0.3) is 0 Å². The molecule has 2 aliphatic heterocycles. The maximum absolute atomic E-state index is 12.0. The number of carboxylic acid groups (broad SMARTS) is 1. The lowest BCUT2D eigenvalue weighted by molar-refractivity contribution is -0.305. The number of aliphatic imine (C=N–C) groups is 1. The highest BCUT2D eigenvalue weighted by atomic mass is 35.5. The zero-order chi connectivity index (χ0) is 19.1. The highest BCUT2D eigenvalue weighted by Crippen LogP contribution is 2.42. The van der Waals surface area contributed by atoms with Gasteiger partial charge in [-0.3, -0.25) is 4.79 Å². The number of thioether (sulfide) groups is 1. The van der Waals surface area contributed by atoms with Crippen LogP contribution in [0.5, 0.6) is 0 Å². The van der Waals surface area contributed by atoms with Crippen LogP contribution in [0.2, 0.25) is 5.02 Å². The van der Waals surface area contributed by atoms with Gasteiger partial charge in [-0.1, -0.05) is 29.4 Å². The summed E-state index contributed by atoms with van der Waals surface area (Å²) in [5.74, 6) is -1.90. The second-order valence-electron chi connectivity index (χ2n) is 6.21. The Morgan fingerprint density at radius 3 is 2.77 bits per heavy atom. The van der Waals surface area contributed by atoms with Gasteiger partial charge >= 0.3 is 0 Å². The Labute approximate surface area is 160 Å². The van der Waals surface area contributed by atoms with Gasteiger partial charge in [0.15, 0.2) is 15.0 Å². The Bertz CT molecular complexity index is 900. The third-order valence-electron chi connectivity index (χ3n) is 4.33. The van der Waals surface area contributed by atoms with Gasteiger partial charge in [0, 0.05) is 28.4 Å². The third-order valence-corrected chi connectivity index (χ3v) is 7.95. The summed E-state index contributed by atoms with van der Waals surface area (Å²) < 4.78 is 24.1. The van der Waals surface area contributed by atoms with E-state index >= 15 is 0 Å². The lowest BCUT2D eigenvalue weighted by Gasteiger charge is -2.26. The third kappa shape index (κ3) is 3.89. The van der Waals surface area contributed by atoms with E-state index in [0.29, 0.717) is 15.9 Å². The molecule has 140 valence electrons. The summed E-state index contributed by atoms with van der Waals surface area (Å²) in [5.41, 5.74) is 1.45. The van der Waals surface area contributed by atoms with Crippen molar-refractivity contribution in [3.05, 3.63) is 28.8 Å². The van der Waals surface area contributed by atoms with Crippen molar-refractivity contribution in [1.82, 2.24) is 0 Å². The van der Waals surface area contributed by atoms with Gasteiger partial charge in [-0.15, -0.1) is 0 Å². The van der Waals surface area contributed by atoms with E-state index in [1.807, 2.05) is 6.92 Å². The lowest BCUT2D eigenvalue weighted by atomic mass is 10.1. The van der Waals surface area contributed by atoms with Gasteiger partial charge in [0.2, 0.25) is 5.91 Å². The van der Waals surface area contributed by atoms with Gasteiger partial charge in [-0.25, -0.2) is 8.42 Å². The number of nitrogens with zero attached hydrogens (tertiary/aromatic N) is 2. The number of hydrogen-bond acceptors (Lipinski definition) is 6. The van der Waals surface area contributed by atoms with Gasteiger partial charge in [0.1, 0.15) is 0 Å². The van der Waals surface area contributed by atoms with Gasteiger partial charge in [-0.2, -0.15) is 4.99 Å². The highest BCUT2D eigenvalue weighted by molar-refractivity contribution is 8.16. The molecule has 0 spiro atoms. The predicted octanol–water partition coefficient (Wildman–Crippen LogP) is 0.780. The van der Waals surface area contributed by atoms with Crippen LogP contribution in [-0.4, -0.2) is 48.3 Å². The molecule has 0 unspecified atom stereocenters. The molecular weight excluding hydrogens is 400 g/mol. The molecule has 2 saturated heterocycles. The monoisotopic (exact) mass is 415 g/mol. The summed E-state index contributed by atoms with van der Waals surface area (Å²) in [6.07, 6.45) is -0.667. The van der Waals surface area contributed by atoms with Crippen LogP contribution in [0.1, 0.15) is 18.4 Å². The van der Waals surface area contributed by atoms with Gasteiger partial charge < -0.3 is 14.8 Å². The first-order chi connectivity index (χ1) is 12.2. The molecule has 0 saturated carbocycles. The van der Waals surface area contributed by atoms with Crippen LogP contribution in [0.3, 0.4) is 0 Å². The number of sulfone groups is 1. The zero-order valence-corrected chi connectivity index (χ0v) is 16.2. The summed E-state index contributed by atoms with van der Waals surface area (Å²) in [5, 5.41) is 11.2. The Kier molecular flexibility index (Phi) is 5.32. The minimum Gasteiger partial charge on any atom is -0.550 e. The van der Waals surface area contributed by atoms with Gasteiger partial charge in [0.25, 0.3) is 0 Å². The molecule has 10 heteroatoms. The average molecular weight is 416 g/mol. The molecule has 0 radical (unpaired) electrons. The van der Waals surface area contributed by atoms with Crippen molar-refractivity contribution in [3.63, 3.8) is 0 Å². The number of fused-ring (bicyclic) bond motifs is 1. The molecule has 26 heavy (non-hydrogen) atoms. The highest BCUT2D eigenvalue weighted by Gasteiger charge is 2.49. The van der Waals surface area contributed by atoms with Gasteiger partial charge in [-0.05, 0) is 31.0 Å². The largest absolute Gasteiger partial charge is 0.550 e. The van der Waals surface area contributed by atoms with Crippen LogP contribution >= 0.6 is 23.4 Å². The predicted molar refractivity (Wildman–Crippen MR) is 99.2 cm³/mol. The summed E-state index contributed by atoms with van der Waals surface area (Å²) in [6, 6.07) is 4.95. The molecule has 2 atom stereocenters. The van der Waals surface area contributed by atoms with Crippen molar-refractivity contribution in [2.45, 2.75) is 31.1 Å². The molecule has 1 aromatic carbocycles. The van der Waals surface area contributed by atoms with Crippen molar-refractivity contribution in [2.24, 2.45) is 4.99 Å². The van der Waals surface area contributed by atoms with E-state index in [4.69, 9.17) is 11.6 Å². The number of carbonyl (C=O) groups excluding carboxylic acids is 2. The summed E-state index contributed by atoms with van der Waals surface area (Å²) in [7, 11) is -3.16. The maximum Gasteiger partial charge on any atom is 0.248 e. The minimum absolute atomic E-state index is 0.0186. The van der Waals surface area contributed by atoms with E-state index in [1.165, 1.54) is 11.8 Å². The van der Waals surface area contributed by atoms with E-state index in [0.717, 1.165) is 5.56 Å². The molecule has 0 N–H and O–H groups in total. The molecule has 1 aromatic rings. The molecule has 0 aliphatic carbocycles. The van der Waals surface area contributed by atoms with Crippen LogP contribution in [0, 0.1) is 6.92 Å². The number of anilines is 1. The molecular formula is C16H16ClN2O5S2-. The SMILES string of the molecule is Cc1c(Cl)cccc1N1C(=NC(=O)CCC(=O)[O-])S[C@@H]2CS(=O)(=O)C[C@@H]21. The lowest BCUT2D eigenvalue weighted by Crippen LogP contribution is -2.38. The molecule has 0 bridgehead atoms. The van der Waals surface area contributed by atoms with Crippen molar-refractivity contribution >= 4 is 55.9 Å². The second kappa shape index (κ2) is 7.21. The van der Waals surface area contributed by atoms with E-state index in [1.54, 1.807) is 23.1 Å². The Morgan fingerprint density at radius 2 is 2.08 bits per heavy atom. The van der Waals surface area contributed by atoms with E-state index < -0.39 is 28.1 Å². The quantitative estimate of drug-likeness (QED) is 0.715. The topological polar surface area (TPSA) is 107 Å². The minimum atomic E-state index is -3.16. The number of carbonyl (C=O) groups is 2.